The third kappa shape index (κ3) is 1.19. The van der Waals surface area contributed by atoms with Crippen LogP contribution in [0.3, 0.4) is 0 Å². The van der Waals surface area contributed by atoms with Crippen LogP contribution < -0.4 is 0 Å². The summed E-state index contributed by atoms with van der Waals surface area (Å²) in [6.07, 6.45) is 4.94. The number of ether oxygens (including phenoxy) is 1. The molecule has 2 fully saturated rings. The second-order valence-corrected chi connectivity index (χ2v) is 5.93. The first-order chi connectivity index (χ1) is 6.49. The first-order valence-corrected chi connectivity index (χ1v) is 5.61. The van der Waals surface area contributed by atoms with Crippen LogP contribution in [0.25, 0.3) is 0 Å². The quantitative estimate of drug-likeness (QED) is 0.635. The average molecular weight is 196 g/mol. The summed E-state index contributed by atoms with van der Waals surface area (Å²) in [7, 11) is 0. The average Bonchev–Trinajstić information content (AvgIpc) is 2.62. The van der Waals surface area contributed by atoms with E-state index in [1.807, 2.05) is 0 Å². The van der Waals surface area contributed by atoms with Crippen LogP contribution >= 0.6 is 0 Å². The molecule has 2 aliphatic carbocycles. The molecule has 2 rings (SSSR count). The van der Waals surface area contributed by atoms with E-state index in [1.165, 1.54) is 19.3 Å². The fraction of sp³-hybridized carbons (Fsp3) is 0.917. The van der Waals surface area contributed by atoms with Crippen LogP contribution in [0.1, 0.15) is 46.5 Å². The highest BCUT2D eigenvalue weighted by Crippen LogP contribution is 2.58. The predicted octanol–water partition coefficient (Wildman–Crippen LogP) is 2.76. The number of hydrogen-bond acceptors (Lipinski definition) is 2. The van der Waals surface area contributed by atoms with Crippen molar-refractivity contribution in [1.82, 2.24) is 0 Å². The third-order valence-electron chi connectivity index (χ3n) is 4.32. The van der Waals surface area contributed by atoms with E-state index in [2.05, 4.69) is 20.8 Å². The minimum Gasteiger partial charge on any atom is -0.460 e. The molecule has 0 spiro atoms. The van der Waals surface area contributed by atoms with Crippen LogP contribution in [0.15, 0.2) is 0 Å². The Balaban J connectivity index is 2.28. The Labute approximate surface area is 86.0 Å². The first kappa shape index (κ1) is 10.0. The summed E-state index contributed by atoms with van der Waals surface area (Å²) >= 11 is 0. The van der Waals surface area contributed by atoms with Gasteiger partial charge in [-0.25, -0.2) is 0 Å². The van der Waals surface area contributed by atoms with Crippen molar-refractivity contribution >= 4 is 6.47 Å². The number of rotatable bonds is 2. The number of hydrogen-bond donors (Lipinski definition) is 0. The Morgan fingerprint density at radius 3 is 2.43 bits per heavy atom. The molecule has 0 heterocycles. The molecule has 0 radical (unpaired) electrons. The first-order valence-electron chi connectivity index (χ1n) is 5.61. The van der Waals surface area contributed by atoms with Crippen molar-refractivity contribution in [3.8, 4) is 0 Å². The SMILES string of the molecule is CC(C)(C)C1(OC=O)CC2CCC1C2. The van der Waals surface area contributed by atoms with E-state index in [0.717, 1.165) is 12.3 Å². The molecule has 3 unspecified atom stereocenters. The van der Waals surface area contributed by atoms with Crippen molar-refractivity contribution in [2.24, 2.45) is 17.3 Å². The van der Waals surface area contributed by atoms with Crippen LogP contribution in [-0.4, -0.2) is 12.1 Å². The van der Waals surface area contributed by atoms with Gasteiger partial charge in [-0.2, -0.15) is 0 Å². The number of fused-ring (bicyclic) bond motifs is 2. The van der Waals surface area contributed by atoms with Gasteiger partial charge in [0.25, 0.3) is 6.47 Å². The monoisotopic (exact) mass is 196 g/mol. The molecule has 0 amide bonds. The zero-order valence-corrected chi connectivity index (χ0v) is 9.38. The Morgan fingerprint density at radius 2 is 2.07 bits per heavy atom. The van der Waals surface area contributed by atoms with E-state index in [0.29, 0.717) is 12.4 Å². The van der Waals surface area contributed by atoms with Crippen LogP contribution in [0.4, 0.5) is 0 Å². The molecule has 0 aromatic rings. The molecule has 2 heteroatoms. The van der Waals surface area contributed by atoms with Gasteiger partial charge in [-0.1, -0.05) is 20.8 Å². The lowest BCUT2D eigenvalue weighted by Crippen LogP contribution is -2.49. The molecule has 0 saturated heterocycles. The molecule has 0 aliphatic heterocycles. The highest BCUT2D eigenvalue weighted by molar-refractivity contribution is 5.39. The second kappa shape index (κ2) is 2.98. The Hall–Kier alpha value is -0.530. The summed E-state index contributed by atoms with van der Waals surface area (Å²) in [6, 6.07) is 0. The molecular weight excluding hydrogens is 176 g/mol. The molecule has 0 aromatic carbocycles. The lowest BCUT2D eigenvalue weighted by Gasteiger charge is -2.46. The predicted molar refractivity (Wildman–Crippen MR) is 54.8 cm³/mol. The summed E-state index contributed by atoms with van der Waals surface area (Å²) < 4.78 is 5.51. The van der Waals surface area contributed by atoms with E-state index in [-0.39, 0.29) is 11.0 Å². The van der Waals surface area contributed by atoms with E-state index in [9.17, 15) is 4.79 Å². The highest BCUT2D eigenvalue weighted by Gasteiger charge is 2.58. The molecule has 14 heavy (non-hydrogen) atoms. The van der Waals surface area contributed by atoms with Crippen LogP contribution in [0.2, 0.25) is 0 Å². The van der Waals surface area contributed by atoms with Crippen molar-refractivity contribution in [3.63, 3.8) is 0 Å². The maximum atomic E-state index is 10.7. The van der Waals surface area contributed by atoms with Crippen molar-refractivity contribution in [2.75, 3.05) is 0 Å². The smallest absolute Gasteiger partial charge is 0.293 e. The van der Waals surface area contributed by atoms with E-state index < -0.39 is 0 Å². The highest BCUT2D eigenvalue weighted by atomic mass is 16.5. The van der Waals surface area contributed by atoms with E-state index in [4.69, 9.17) is 4.74 Å². The van der Waals surface area contributed by atoms with Gasteiger partial charge < -0.3 is 4.74 Å². The van der Waals surface area contributed by atoms with E-state index in [1.54, 1.807) is 0 Å². The fourth-order valence-electron chi connectivity index (χ4n) is 3.60. The molecule has 2 bridgehead atoms. The zero-order valence-electron chi connectivity index (χ0n) is 9.38. The summed E-state index contributed by atoms with van der Waals surface area (Å²) in [5.41, 5.74) is -0.0919. The number of carbonyl (C=O) groups excluding carboxylic acids is 1. The lowest BCUT2D eigenvalue weighted by atomic mass is 9.67. The van der Waals surface area contributed by atoms with Crippen LogP contribution in [-0.2, 0) is 9.53 Å². The number of carbonyl (C=O) groups is 1. The van der Waals surface area contributed by atoms with Gasteiger partial charge in [0.15, 0.2) is 0 Å². The van der Waals surface area contributed by atoms with Crippen molar-refractivity contribution in [3.05, 3.63) is 0 Å². The summed E-state index contributed by atoms with van der Waals surface area (Å²) in [6.45, 7) is 7.23. The summed E-state index contributed by atoms with van der Waals surface area (Å²) in [5.74, 6) is 1.41. The molecule has 0 N–H and O–H groups in total. The second-order valence-electron chi connectivity index (χ2n) is 5.93. The van der Waals surface area contributed by atoms with Gasteiger partial charge in [-0.15, -0.1) is 0 Å². The normalized spacial score (nSPS) is 41.4. The Morgan fingerprint density at radius 1 is 1.36 bits per heavy atom. The molecule has 80 valence electrons. The van der Waals surface area contributed by atoms with Gasteiger partial charge in [0.05, 0.1) is 0 Å². The summed E-state index contributed by atoms with van der Waals surface area (Å²) in [4.78, 5) is 10.7. The van der Waals surface area contributed by atoms with Crippen molar-refractivity contribution < 1.29 is 9.53 Å². The molecule has 0 aromatic heterocycles. The Bertz CT molecular complexity index is 241. The van der Waals surface area contributed by atoms with Crippen molar-refractivity contribution in [2.45, 2.75) is 52.1 Å². The van der Waals surface area contributed by atoms with Gasteiger partial charge in [-0.05, 0) is 37.5 Å². The van der Waals surface area contributed by atoms with Gasteiger partial charge in [0, 0.05) is 5.41 Å². The Kier molecular flexibility index (Phi) is 2.13. The van der Waals surface area contributed by atoms with Crippen molar-refractivity contribution in [1.29, 1.82) is 0 Å². The zero-order chi connectivity index (χ0) is 10.4. The maximum absolute atomic E-state index is 10.7. The third-order valence-corrected chi connectivity index (χ3v) is 4.32. The largest absolute Gasteiger partial charge is 0.460 e. The van der Waals surface area contributed by atoms with Gasteiger partial charge in [0.1, 0.15) is 5.60 Å². The molecule has 3 atom stereocenters. The minimum atomic E-state index is -0.169. The standard InChI is InChI=1S/C12H20O2/c1-11(2,3)12(14-8-13)7-9-4-5-10(12)6-9/h8-10H,4-7H2,1-3H3. The molecule has 2 aliphatic rings. The lowest BCUT2D eigenvalue weighted by molar-refractivity contribution is -0.168. The topological polar surface area (TPSA) is 26.3 Å². The summed E-state index contributed by atoms with van der Waals surface area (Å²) in [5, 5.41) is 0. The van der Waals surface area contributed by atoms with Gasteiger partial charge in [-0.3, -0.25) is 4.79 Å². The van der Waals surface area contributed by atoms with Crippen LogP contribution in [0.5, 0.6) is 0 Å². The molecule has 2 nitrogen and oxygen atoms in total. The molecule has 2 saturated carbocycles. The minimum absolute atomic E-state index is 0.0771. The molecular formula is C12H20O2. The van der Waals surface area contributed by atoms with Crippen LogP contribution in [0, 0.1) is 17.3 Å². The van der Waals surface area contributed by atoms with Gasteiger partial charge >= 0.3 is 0 Å². The fourth-order valence-corrected chi connectivity index (χ4v) is 3.60. The van der Waals surface area contributed by atoms with E-state index >= 15 is 0 Å². The van der Waals surface area contributed by atoms with Gasteiger partial charge in [0.2, 0.25) is 0 Å². The maximum Gasteiger partial charge on any atom is 0.293 e.